The number of amides is 1. The minimum Gasteiger partial charge on any atom is -0.466 e. The summed E-state index contributed by atoms with van der Waals surface area (Å²) >= 11 is 0. The van der Waals surface area contributed by atoms with Gasteiger partial charge in [0, 0.05) is 25.0 Å². The van der Waals surface area contributed by atoms with Crippen molar-refractivity contribution >= 4 is 11.9 Å². The molecule has 1 aromatic heterocycles. The molecule has 20 heavy (non-hydrogen) atoms. The molecule has 0 radical (unpaired) electrons. The first-order valence-electron chi connectivity index (χ1n) is 7.05. The molecule has 1 aliphatic rings. The van der Waals surface area contributed by atoms with Crippen molar-refractivity contribution in [2.75, 3.05) is 19.7 Å². The highest BCUT2D eigenvalue weighted by atomic mass is 16.5. The van der Waals surface area contributed by atoms with Gasteiger partial charge in [-0.15, -0.1) is 0 Å². The number of hydrogen-bond acceptors (Lipinski definition) is 4. The number of esters is 1. The minimum atomic E-state index is -0.192. The van der Waals surface area contributed by atoms with Crippen LogP contribution in [-0.4, -0.2) is 41.5 Å². The fourth-order valence-electron chi connectivity index (χ4n) is 2.43. The van der Waals surface area contributed by atoms with Gasteiger partial charge in [-0.1, -0.05) is 6.07 Å². The first-order chi connectivity index (χ1) is 9.70. The van der Waals surface area contributed by atoms with Crippen LogP contribution >= 0.6 is 0 Å². The molecule has 0 spiro atoms. The minimum absolute atomic E-state index is 0.0256. The second kappa shape index (κ2) is 7.03. The number of carbonyl (C=O) groups excluding carboxylic acids is 2. The zero-order valence-electron chi connectivity index (χ0n) is 11.7. The molecule has 1 saturated heterocycles. The molecule has 1 aromatic rings. The fourth-order valence-corrected chi connectivity index (χ4v) is 2.43. The van der Waals surface area contributed by atoms with E-state index >= 15 is 0 Å². The van der Waals surface area contributed by atoms with Crippen molar-refractivity contribution in [3.63, 3.8) is 0 Å². The van der Waals surface area contributed by atoms with Gasteiger partial charge in [0.1, 0.15) is 0 Å². The molecule has 5 nitrogen and oxygen atoms in total. The van der Waals surface area contributed by atoms with E-state index < -0.39 is 0 Å². The van der Waals surface area contributed by atoms with Gasteiger partial charge >= 0.3 is 5.97 Å². The van der Waals surface area contributed by atoms with Crippen molar-refractivity contribution in [3.05, 3.63) is 30.1 Å². The van der Waals surface area contributed by atoms with Crippen molar-refractivity contribution in [2.24, 2.45) is 5.92 Å². The summed E-state index contributed by atoms with van der Waals surface area (Å²) in [4.78, 5) is 29.9. The maximum absolute atomic E-state index is 12.2. The lowest BCUT2D eigenvalue weighted by molar-refractivity contribution is -0.151. The molecule has 1 fully saturated rings. The zero-order chi connectivity index (χ0) is 14.4. The van der Waals surface area contributed by atoms with E-state index in [0.29, 0.717) is 19.7 Å². The Morgan fingerprint density at radius 1 is 1.45 bits per heavy atom. The van der Waals surface area contributed by atoms with Crippen LogP contribution in [0.2, 0.25) is 0 Å². The number of pyridine rings is 1. The summed E-state index contributed by atoms with van der Waals surface area (Å²) in [5.74, 6) is -0.350. The molecule has 108 valence electrons. The SMILES string of the molecule is CCOC(=O)[C@@H]1CCCN(C(=O)Cc2ccccn2)C1. The summed E-state index contributed by atoms with van der Waals surface area (Å²) in [5.41, 5.74) is 0.760. The summed E-state index contributed by atoms with van der Waals surface area (Å²) < 4.78 is 5.04. The van der Waals surface area contributed by atoms with E-state index in [4.69, 9.17) is 4.74 Å². The van der Waals surface area contributed by atoms with E-state index in [1.807, 2.05) is 18.2 Å². The smallest absolute Gasteiger partial charge is 0.310 e. The van der Waals surface area contributed by atoms with Crippen molar-refractivity contribution in [1.29, 1.82) is 0 Å². The van der Waals surface area contributed by atoms with Gasteiger partial charge in [0.2, 0.25) is 5.91 Å². The Morgan fingerprint density at radius 3 is 3.00 bits per heavy atom. The van der Waals surface area contributed by atoms with Crippen molar-refractivity contribution in [2.45, 2.75) is 26.2 Å². The summed E-state index contributed by atoms with van der Waals surface area (Å²) in [7, 11) is 0. The second-order valence-corrected chi connectivity index (χ2v) is 4.93. The number of ether oxygens (including phenoxy) is 1. The number of carbonyl (C=O) groups is 2. The van der Waals surface area contributed by atoms with Crippen LogP contribution in [0, 0.1) is 5.92 Å². The van der Waals surface area contributed by atoms with Gasteiger partial charge in [0.15, 0.2) is 0 Å². The largest absolute Gasteiger partial charge is 0.466 e. The van der Waals surface area contributed by atoms with E-state index in [0.717, 1.165) is 18.5 Å². The lowest BCUT2D eigenvalue weighted by Crippen LogP contribution is -2.43. The Balaban J connectivity index is 1.91. The number of hydrogen-bond donors (Lipinski definition) is 0. The molecule has 0 bridgehead atoms. The van der Waals surface area contributed by atoms with Crippen LogP contribution in [0.3, 0.4) is 0 Å². The number of rotatable bonds is 4. The second-order valence-electron chi connectivity index (χ2n) is 4.93. The van der Waals surface area contributed by atoms with Gasteiger partial charge in [-0.05, 0) is 31.9 Å². The molecule has 0 unspecified atom stereocenters. The number of nitrogens with zero attached hydrogens (tertiary/aromatic N) is 2. The average molecular weight is 276 g/mol. The van der Waals surface area contributed by atoms with Crippen LogP contribution in [0.1, 0.15) is 25.5 Å². The van der Waals surface area contributed by atoms with E-state index in [1.54, 1.807) is 18.0 Å². The highest BCUT2D eigenvalue weighted by Gasteiger charge is 2.29. The van der Waals surface area contributed by atoms with Gasteiger partial charge in [0.25, 0.3) is 0 Å². The van der Waals surface area contributed by atoms with E-state index in [9.17, 15) is 9.59 Å². The Bertz CT molecular complexity index is 461. The van der Waals surface area contributed by atoms with Crippen LogP contribution < -0.4 is 0 Å². The number of piperidine rings is 1. The topological polar surface area (TPSA) is 59.5 Å². The monoisotopic (exact) mass is 276 g/mol. The third kappa shape index (κ3) is 3.79. The Hall–Kier alpha value is -1.91. The normalized spacial score (nSPS) is 18.6. The van der Waals surface area contributed by atoms with Crippen molar-refractivity contribution in [1.82, 2.24) is 9.88 Å². The van der Waals surface area contributed by atoms with Gasteiger partial charge < -0.3 is 9.64 Å². The molecule has 0 saturated carbocycles. The van der Waals surface area contributed by atoms with E-state index in [-0.39, 0.29) is 24.2 Å². The van der Waals surface area contributed by atoms with Crippen molar-refractivity contribution < 1.29 is 14.3 Å². The molecule has 0 N–H and O–H groups in total. The maximum atomic E-state index is 12.2. The van der Waals surface area contributed by atoms with Crippen LogP contribution in [0.5, 0.6) is 0 Å². The predicted molar refractivity (Wildman–Crippen MR) is 73.9 cm³/mol. The molecular weight excluding hydrogens is 256 g/mol. The first kappa shape index (κ1) is 14.5. The standard InChI is InChI=1S/C15H20N2O3/c1-2-20-15(19)12-6-5-9-17(11-12)14(18)10-13-7-3-4-8-16-13/h3-4,7-8,12H,2,5-6,9-11H2,1H3/t12-/m1/s1. The molecule has 0 aliphatic carbocycles. The summed E-state index contributed by atoms with van der Waals surface area (Å²) in [6.07, 6.45) is 3.61. The van der Waals surface area contributed by atoms with Crippen LogP contribution in [0.25, 0.3) is 0 Å². The molecule has 1 atom stereocenters. The third-order valence-corrected chi connectivity index (χ3v) is 3.45. The van der Waals surface area contributed by atoms with Gasteiger partial charge in [-0.25, -0.2) is 0 Å². The van der Waals surface area contributed by atoms with E-state index in [2.05, 4.69) is 4.98 Å². The Kier molecular flexibility index (Phi) is 5.09. The van der Waals surface area contributed by atoms with Crippen molar-refractivity contribution in [3.8, 4) is 0 Å². The van der Waals surface area contributed by atoms with Crippen LogP contribution in [-0.2, 0) is 20.7 Å². The summed E-state index contributed by atoms with van der Waals surface area (Å²) in [6.45, 7) is 3.36. The van der Waals surface area contributed by atoms with Crippen LogP contribution in [0.4, 0.5) is 0 Å². The quantitative estimate of drug-likeness (QED) is 0.780. The lowest BCUT2D eigenvalue weighted by Gasteiger charge is -2.31. The van der Waals surface area contributed by atoms with Crippen LogP contribution in [0.15, 0.2) is 24.4 Å². The van der Waals surface area contributed by atoms with Gasteiger partial charge in [-0.2, -0.15) is 0 Å². The maximum Gasteiger partial charge on any atom is 0.310 e. The predicted octanol–water partition coefficient (Wildman–Crippen LogP) is 1.43. The van der Waals surface area contributed by atoms with Gasteiger partial charge in [-0.3, -0.25) is 14.6 Å². The molecule has 1 amide bonds. The first-order valence-corrected chi connectivity index (χ1v) is 7.05. The third-order valence-electron chi connectivity index (χ3n) is 3.45. The van der Waals surface area contributed by atoms with Gasteiger partial charge in [0.05, 0.1) is 18.9 Å². The average Bonchev–Trinajstić information content (AvgIpc) is 2.48. The molecule has 0 aromatic carbocycles. The Morgan fingerprint density at radius 2 is 2.30 bits per heavy atom. The molecular formula is C15H20N2O3. The highest BCUT2D eigenvalue weighted by molar-refractivity contribution is 5.80. The molecule has 5 heteroatoms. The summed E-state index contributed by atoms with van der Waals surface area (Å²) in [5, 5.41) is 0. The summed E-state index contributed by atoms with van der Waals surface area (Å²) in [6, 6.07) is 5.53. The highest BCUT2D eigenvalue weighted by Crippen LogP contribution is 2.18. The molecule has 2 heterocycles. The molecule has 2 rings (SSSR count). The number of likely N-dealkylation sites (tertiary alicyclic amines) is 1. The molecule has 1 aliphatic heterocycles. The lowest BCUT2D eigenvalue weighted by atomic mass is 9.98. The Labute approximate surface area is 118 Å². The van der Waals surface area contributed by atoms with E-state index in [1.165, 1.54) is 0 Å². The zero-order valence-corrected chi connectivity index (χ0v) is 11.7. The number of aromatic nitrogens is 1. The fraction of sp³-hybridized carbons (Fsp3) is 0.533.